The second kappa shape index (κ2) is 5.89. The van der Waals surface area contributed by atoms with Crippen LogP contribution in [0.15, 0.2) is 30.6 Å². The summed E-state index contributed by atoms with van der Waals surface area (Å²) in [5.74, 6) is 0.732. The smallest absolute Gasteiger partial charge is 0.124 e. The van der Waals surface area contributed by atoms with Crippen LogP contribution in [0.4, 0.5) is 0 Å². The molecule has 0 spiro atoms. The summed E-state index contributed by atoms with van der Waals surface area (Å²) in [6.07, 6.45) is 3.72. The number of ether oxygens (including phenoxy) is 1. The van der Waals surface area contributed by atoms with Crippen molar-refractivity contribution in [3.05, 3.63) is 47.3 Å². The van der Waals surface area contributed by atoms with Gasteiger partial charge in [0.05, 0.1) is 19.4 Å². The summed E-state index contributed by atoms with van der Waals surface area (Å²) in [4.78, 5) is 0. The van der Waals surface area contributed by atoms with Crippen molar-refractivity contribution < 1.29 is 9.84 Å². The largest absolute Gasteiger partial charge is 0.496 e. The molecule has 0 saturated carbocycles. The molecular formula is C15H20N2O2. The van der Waals surface area contributed by atoms with Crippen molar-refractivity contribution in [1.29, 1.82) is 0 Å². The molecule has 4 nitrogen and oxygen atoms in total. The summed E-state index contributed by atoms with van der Waals surface area (Å²) in [5, 5.41) is 14.6. The Balaban J connectivity index is 2.17. The van der Waals surface area contributed by atoms with Crippen molar-refractivity contribution in [3.8, 4) is 5.75 Å². The number of rotatable bonds is 5. The van der Waals surface area contributed by atoms with E-state index in [0.717, 1.165) is 29.0 Å². The zero-order valence-electron chi connectivity index (χ0n) is 11.6. The monoisotopic (exact) mass is 260 g/mol. The topological polar surface area (TPSA) is 47.3 Å². The van der Waals surface area contributed by atoms with Gasteiger partial charge in [-0.05, 0) is 31.0 Å². The van der Waals surface area contributed by atoms with Gasteiger partial charge in [0.2, 0.25) is 0 Å². The molecule has 1 aromatic carbocycles. The van der Waals surface area contributed by atoms with Gasteiger partial charge in [0, 0.05) is 24.7 Å². The van der Waals surface area contributed by atoms with Crippen LogP contribution >= 0.6 is 0 Å². The fourth-order valence-electron chi connectivity index (χ4n) is 2.11. The average molecular weight is 260 g/mol. The van der Waals surface area contributed by atoms with Crippen molar-refractivity contribution in [2.75, 3.05) is 7.11 Å². The number of benzene rings is 1. The number of aliphatic hydroxyl groups excluding tert-OH is 1. The molecule has 0 amide bonds. The summed E-state index contributed by atoms with van der Waals surface area (Å²) in [5.41, 5.74) is 2.96. The first-order chi connectivity index (χ1) is 9.13. The summed E-state index contributed by atoms with van der Waals surface area (Å²) in [7, 11) is 1.63. The Hall–Kier alpha value is -1.81. The lowest BCUT2D eigenvalue weighted by atomic mass is 10.0. The summed E-state index contributed by atoms with van der Waals surface area (Å²) < 4.78 is 7.19. The molecule has 1 N–H and O–H groups in total. The molecule has 0 aliphatic rings. The first kappa shape index (κ1) is 13.6. The van der Waals surface area contributed by atoms with Crippen molar-refractivity contribution in [2.24, 2.45) is 0 Å². The fraction of sp³-hybridized carbons (Fsp3) is 0.400. The van der Waals surface area contributed by atoms with Gasteiger partial charge >= 0.3 is 0 Å². The van der Waals surface area contributed by atoms with E-state index < -0.39 is 6.10 Å². The normalized spacial score (nSPS) is 12.4. The molecule has 0 saturated heterocycles. The molecule has 2 aromatic rings. The van der Waals surface area contributed by atoms with E-state index in [1.54, 1.807) is 13.3 Å². The van der Waals surface area contributed by atoms with E-state index in [-0.39, 0.29) is 0 Å². The zero-order valence-corrected chi connectivity index (χ0v) is 11.6. The first-order valence-corrected chi connectivity index (χ1v) is 6.48. The molecule has 1 unspecified atom stereocenters. The highest BCUT2D eigenvalue weighted by Gasteiger charge is 2.14. The molecule has 2 rings (SSSR count). The maximum Gasteiger partial charge on any atom is 0.124 e. The van der Waals surface area contributed by atoms with Crippen LogP contribution in [0.5, 0.6) is 5.75 Å². The molecule has 0 fully saturated rings. The van der Waals surface area contributed by atoms with E-state index in [2.05, 4.69) is 5.10 Å². The van der Waals surface area contributed by atoms with E-state index in [1.165, 1.54) is 0 Å². The maximum atomic E-state index is 10.3. The minimum Gasteiger partial charge on any atom is -0.496 e. The van der Waals surface area contributed by atoms with E-state index in [1.807, 2.05) is 42.9 Å². The second-order valence-corrected chi connectivity index (χ2v) is 4.67. The first-order valence-electron chi connectivity index (χ1n) is 6.48. The third-order valence-corrected chi connectivity index (χ3v) is 3.19. The quantitative estimate of drug-likeness (QED) is 0.898. The summed E-state index contributed by atoms with van der Waals surface area (Å²) in [6, 6.07) is 5.84. The number of hydrogen-bond donors (Lipinski definition) is 1. The van der Waals surface area contributed by atoms with Gasteiger partial charge in [0.15, 0.2) is 0 Å². The second-order valence-electron chi connectivity index (χ2n) is 4.67. The van der Waals surface area contributed by atoms with Gasteiger partial charge in [-0.25, -0.2) is 0 Å². The molecule has 4 heteroatoms. The van der Waals surface area contributed by atoms with E-state index in [4.69, 9.17) is 4.74 Å². The Morgan fingerprint density at radius 2 is 2.21 bits per heavy atom. The van der Waals surface area contributed by atoms with Crippen LogP contribution < -0.4 is 4.74 Å². The molecule has 1 heterocycles. The molecule has 0 aliphatic carbocycles. The lowest BCUT2D eigenvalue weighted by Gasteiger charge is -2.14. The Kier molecular flexibility index (Phi) is 4.22. The van der Waals surface area contributed by atoms with Crippen LogP contribution in [0.25, 0.3) is 0 Å². The highest BCUT2D eigenvalue weighted by molar-refractivity contribution is 5.39. The number of aryl methyl sites for hydroxylation is 2. The van der Waals surface area contributed by atoms with Crippen LogP contribution in [-0.2, 0) is 13.0 Å². The molecule has 1 atom stereocenters. The fourth-order valence-corrected chi connectivity index (χ4v) is 2.11. The lowest BCUT2D eigenvalue weighted by molar-refractivity contribution is 0.174. The van der Waals surface area contributed by atoms with Gasteiger partial charge in [-0.2, -0.15) is 5.10 Å². The third-order valence-electron chi connectivity index (χ3n) is 3.19. The Morgan fingerprint density at radius 3 is 2.84 bits per heavy atom. The van der Waals surface area contributed by atoms with E-state index in [9.17, 15) is 5.11 Å². The Morgan fingerprint density at radius 1 is 1.42 bits per heavy atom. The van der Waals surface area contributed by atoms with Crippen molar-refractivity contribution in [3.63, 3.8) is 0 Å². The zero-order chi connectivity index (χ0) is 13.8. The van der Waals surface area contributed by atoms with Gasteiger partial charge < -0.3 is 9.84 Å². The molecule has 0 aliphatic heterocycles. The summed E-state index contributed by atoms with van der Waals surface area (Å²) in [6.45, 7) is 4.88. The van der Waals surface area contributed by atoms with Crippen LogP contribution in [0.3, 0.4) is 0 Å². The van der Waals surface area contributed by atoms with Gasteiger partial charge in [-0.1, -0.05) is 12.1 Å². The van der Waals surface area contributed by atoms with Gasteiger partial charge in [0.1, 0.15) is 5.75 Å². The summed E-state index contributed by atoms with van der Waals surface area (Å²) >= 11 is 0. The van der Waals surface area contributed by atoms with Gasteiger partial charge in [-0.15, -0.1) is 0 Å². The number of aliphatic hydroxyl groups is 1. The molecule has 19 heavy (non-hydrogen) atoms. The van der Waals surface area contributed by atoms with Crippen LogP contribution in [0.1, 0.15) is 29.7 Å². The minimum atomic E-state index is -0.579. The average Bonchev–Trinajstić information content (AvgIpc) is 2.86. The number of nitrogens with zero attached hydrogens (tertiary/aromatic N) is 2. The predicted octanol–water partition coefficient (Wildman–Crippen LogP) is 2.50. The number of hydrogen-bond acceptors (Lipinski definition) is 3. The number of aromatic nitrogens is 2. The van der Waals surface area contributed by atoms with Gasteiger partial charge in [0.25, 0.3) is 0 Å². The maximum absolute atomic E-state index is 10.3. The Labute approximate surface area is 113 Å². The highest BCUT2D eigenvalue weighted by atomic mass is 16.5. The van der Waals surface area contributed by atoms with Crippen molar-refractivity contribution >= 4 is 0 Å². The van der Waals surface area contributed by atoms with E-state index >= 15 is 0 Å². The third kappa shape index (κ3) is 3.15. The van der Waals surface area contributed by atoms with Crippen LogP contribution in [0.2, 0.25) is 0 Å². The molecule has 102 valence electrons. The van der Waals surface area contributed by atoms with Crippen molar-refractivity contribution in [2.45, 2.75) is 32.9 Å². The van der Waals surface area contributed by atoms with Gasteiger partial charge in [-0.3, -0.25) is 4.68 Å². The molecule has 0 bridgehead atoms. The molecular weight excluding hydrogens is 240 g/mol. The molecule has 1 aromatic heterocycles. The minimum absolute atomic E-state index is 0.541. The highest BCUT2D eigenvalue weighted by Crippen LogP contribution is 2.28. The predicted molar refractivity (Wildman–Crippen MR) is 74.3 cm³/mol. The molecule has 0 radical (unpaired) electrons. The lowest BCUT2D eigenvalue weighted by Crippen LogP contribution is -2.04. The Bertz CT molecular complexity index is 549. The van der Waals surface area contributed by atoms with Crippen molar-refractivity contribution in [1.82, 2.24) is 9.78 Å². The standard InChI is InChI=1S/C15H20N2O2/c1-4-17-10-12(9-16-17)8-14(18)13-6-5-11(2)7-15(13)19-3/h5-7,9-10,14,18H,4,8H2,1-3H3. The SMILES string of the molecule is CCn1cc(CC(O)c2ccc(C)cc2OC)cn1. The van der Waals surface area contributed by atoms with Crippen LogP contribution in [-0.4, -0.2) is 22.0 Å². The van der Waals surface area contributed by atoms with E-state index in [0.29, 0.717) is 6.42 Å². The van der Waals surface area contributed by atoms with Crippen LogP contribution in [0, 0.1) is 6.92 Å². The number of methoxy groups -OCH3 is 1.